The summed E-state index contributed by atoms with van der Waals surface area (Å²) in [6, 6.07) is 0. The fourth-order valence-electron chi connectivity index (χ4n) is 3.30. The van der Waals surface area contributed by atoms with E-state index in [4.69, 9.17) is 9.84 Å². The molecule has 0 aromatic heterocycles. The van der Waals surface area contributed by atoms with E-state index in [1.54, 1.807) is 0 Å². The molecular formula is C21H38O3. The molecular weight excluding hydrogens is 300 g/mol. The van der Waals surface area contributed by atoms with Crippen molar-refractivity contribution in [2.75, 3.05) is 6.61 Å². The number of esters is 1. The fourth-order valence-corrected chi connectivity index (χ4v) is 3.30. The predicted molar refractivity (Wildman–Crippen MR) is 100.0 cm³/mol. The normalized spacial score (nSPS) is 19.2. The monoisotopic (exact) mass is 338 g/mol. The van der Waals surface area contributed by atoms with Crippen molar-refractivity contribution in [2.45, 2.75) is 109 Å². The van der Waals surface area contributed by atoms with Crippen LogP contribution in [-0.4, -0.2) is 23.8 Å². The van der Waals surface area contributed by atoms with Crippen molar-refractivity contribution in [1.82, 2.24) is 0 Å². The Labute approximate surface area is 148 Å². The Bertz CT molecular complexity index is 349. The zero-order valence-electron chi connectivity index (χ0n) is 15.7. The summed E-state index contributed by atoms with van der Waals surface area (Å²) in [6.45, 7) is 2.20. The molecule has 0 spiro atoms. The molecule has 1 saturated heterocycles. The first kappa shape index (κ1) is 21.2. The largest absolute Gasteiger partial charge is 0.456 e. The number of hydrogen-bond acceptors (Lipinski definition) is 3. The summed E-state index contributed by atoms with van der Waals surface area (Å²) in [5.41, 5.74) is 0.757. The van der Waals surface area contributed by atoms with Gasteiger partial charge in [-0.25, -0.2) is 4.79 Å². The number of aliphatic hydroxyl groups is 1. The average Bonchev–Trinajstić information content (AvgIpc) is 2.95. The Kier molecular flexibility index (Phi) is 12.8. The number of cyclic esters (lactones) is 1. The van der Waals surface area contributed by atoms with Crippen molar-refractivity contribution in [3.63, 3.8) is 0 Å². The van der Waals surface area contributed by atoms with Gasteiger partial charge in [-0.15, -0.1) is 0 Å². The number of carbonyl (C=O) groups is 1. The predicted octanol–water partition coefficient (Wildman–Crippen LogP) is 5.70. The van der Waals surface area contributed by atoms with Crippen LogP contribution < -0.4 is 0 Å². The van der Waals surface area contributed by atoms with Gasteiger partial charge in [0, 0.05) is 12.0 Å². The van der Waals surface area contributed by atoms with Crippen molar-refractivity contribution >= 4 is 5.97 Å². The quantitative estimate of drug-likeness (QED) is 0.237. The molecule has 0 bridgehead atoms. The Balaban J connectivity index is 1.83. The highest BCUT2D eigenvalue weighted by Crippen LogP contribution is 2.21. The van der Waals surface area contributed by atoms with Gasteiger partial charge >= 0.3 is 5.97 Å². The first-order valence-electron chi connectivity index (χ1n) is 10.3. The molecule has 0 aromatic rings. The number of carbonyl (C=O) groups excluding carboxylic acids is 1. The lowest BCUT2D eigenvalue weighted by Crippen LogP contribution is -2.10. The minimum atomic E-state index is -0.310. The smallest absolute Gasteiger partial charge is 0.334 e. The lowest BCUT2D eigenvalue weighted by molar-refractivity contribution is -0.140. The fraction of sp³-hybridized carbons (Fsp3) is 0.857. The van der Waals surface area contributed by atoms with Crippen LogP contribution in [0.2, 0.25) is 0 Å². The van der Waals surface area contributed by atoms with E-state index < -0.39 is 0 Å². The maximum absolute atomic E-state index is 11.5. The molecule has 1 fully saturated rings. The molecule has 0 unspecified atom stereocenters. The minimum Gasteiger partial charge on any atom is -0.456 e. The van der Waals surface area contributed by atoms with Crippen LogP contribution in [0.3, 0.4) is 0 Å². The van der Waals surface area contributed by atoms with Gasteiger partial charge in [-0.3, -0.25) is 0 Å². The van der Waals surface area contributed by atoms with E-state index in [2.05, 4.69) is 6.92 Å². The van der Waals surface area contributed by atoms with Crippen LogP contribution in [0, 0.1) is 0 Å². The van der Waals surface area contributed by atoms with Gasteiger partial charge < -0.3 is 9.84 Å². The molecule has 0 aliphatic carbocycles. The maximum Gasteiger partial charge on any atom is 0.334 e. The first-order chi connectivity index (χ1) is 11.8. The minimum absolute atomic E-state index is 0.0676. The van der Waals surface area contributed by atoms with E-state index in [1.807, 2.05) is 6.08 Å². The second kappa shape index (κ2) is 14.5. The zero-order valence-corrected chi connectivity index (χ0v) is 15.7. The third-order valence-corrected chi connectivity index (χ3v) is 4.89. The van der Waals surface area contributed by atoms with Gasteiger partial charge in [0.25, 0.3) is 0 Å². The third kappa shape index (κ3) is 10.1. The van der Waals surface area contributed by atoms with Gasteiger partial charge in [0.05, 0.1) is 6.61 Å². The number of unbranched alkanes of at least 4 members (excludes halogenated alkanes) is 13. The molecule has 1 rings (SSSR count). The Morgan fingerprint density at radius 3 is 1.88 bits per heavy atom. The molecule has 1 aliphatic rings. The second-order valence-electron chi connectivity index (χ2n) is 7.17. The summed E-state index contributed by atoms with van der Waals surface area (Å²) in [7, 11) is 0. The molecule has 0 aromatic carbocycles. The van der Waals surface area contributed by atoms with Gasteiger partial charge in [-0.2, -0.15) is 0 Å². The van der Waals surface area contributed by atoms with Crippen LogP contribution in [0.5, 0.6) is 0 Å². The molecule has 3 nitrogen and oxygen atoms in total. The molecule has 24 heavy (non-hydrogen) atoms. The van der Waals surface area contributed by atoms with E-state index in [9.17, 15) is 4.79 Å². The summed E-state index contributed by atoms with van der Waals surface area (Å²) < 4.78 is 5.04. The molecule has 3 heteroatoms. The third-order valence-electron chi connectivity index (χ3n) is 4.89. The molecule has 0 saturated carbocycles. The Morgan fingerprint density at radius 1 is 0.917 bits per heavy atom. The van der Waals surface area contributed by atoms with Crippen molar-refractivity contribution in [2.24, 2.45) is 0 Å². The van der Waals surface area contributed by atoms with Gasteiger partial charge in [-0.05, 0) is 12.8 Å². The highest BCUT2D eigenvalue weighted by molar-refractivity contribution is 5.90. The molecule has 0 amide bonds. The van der Waals surface area contributed by atoms with E-state index in [0.717, 1.165) is 18.4 Å². The first-order valence-corrected chi connectivity index (χ1v) is 10.3. The lowest BCUT2D eigenvalue weighted by Gasteiger charge is -2.02. The van der Waals surface area contributed by atoms with Crippen LogP contribution in [0.4, 0.5) is 0 Å². The van der Waals surface area contributed by atoms with Crippen LogP contribution in [0.15, 0.2) is 11.6 Å². The number of ether oxygens (including phenoxy) is 1. The van der Waals surface area contributed by atoms with Gasteiger partial charge in [0.15, 0.2) is 0 Å². The van der Waals surface area contributed by atoms with Crippen LogP contribution >= 0.6 is 0 Å². The summed E-state index contributed by atoms with van der Waals surface area (Å²) in [6.07, 6.45) is 20.9. The van der Waals surface area contributed by atoms with Crippen LogP contribution in [0.25, 0.3) is 0 Å². The Hall–Kier alpha value is -0.830. The van der Waals surface area contributed by atoms with Gasteiger partial charge in [0.2, 0.25) is 0 Å². The highest BCUT2D eigenvalue weighted by Gasteiger charge is 2.27. The summed E-state index contributed by atoms with van der Waals surface area (Å²) in [4.78, 5) is 11.5. The summed E-state index contributed by atoms with van der Waals surface area (Å²) in [5.74, 6) is -0.233. The van der Waals surface area contributed by atoms with Crippen LogP contribution in [-0.2, 0) is 9.53 Å². The van der Waals surface area contributed by atoms with Gasteiger partial charge in [0.1, 0.15) is 6.10 Å². The maximum atomic E-state index is 11.5. The van der Waals surface area contributed by atoms with Crippen molar-refractivity contribution in [3.05, 3.63) is 11.6 Å². The SMILES string of the molecule is CCCCCCCCCCCCCCC/C=C1/C[C@H](CO)OC1=O. The molecule has 1 atom stereocenters. The number of hydrogen-bond donors (Lipinski definition) is 1. The van der Waals surface area contributed by atoms with E-state index in [0.29, 0.717) is 6.42 Å². The van der Waals surface area contributed by atoms with Gasteiger partial charge in [-0.1, -0.05) is 90.0 Å². The zero-order chi connectivity index (χ0) is 17.5. The van der Waals surface area contributed by atoms with Crippen molar-refractivity contribution < 1.29 is 14.6 Å². The van der Waals surface area contributed by atoms with E-state index >= 15 is 0 Å². The molecule has 1 N–H and O–H groups in total. The number of rotatable bonds is 15. The second-order valence-corrected chi connectivity index (χ2v) is 7.17. The van der Waals surface area contributed by atoms with E-state index in [-0.39, 0.29) is 18.7 Å². The molecule has 1 aliphatic heterocycles. The molecule has 140 valence electrons. The van der Waals surface area contributed by atoms with Crippen LogP contribution in [0.1, 0.15) is 103 Å². The standard InChI is InChI=1S/C21H38O3/c1-2-3-4-5-6-7-8-9-10-11-12-13-14-15-16-19-17-20(18-22)24-21(19)23/h16,20,22H,2-15,17-18H2,1H3/b19-16-/t20-/m1/s1. The summed E-state index contributed by atoms with van der Waals surface area (Å²) >= 11 is 0. The van der Waals surface area contributed by atoms with E-state index in [1.165, 1.54) is 77.0 Å². The average molecular weight is 339 g/mol. The number of allylic oxidation sites excluding steroid dienone is 1. The topological polar surface area (TPSA) is 46.5 Å². The Morgan fingerprint density at radius 2 is 1.42 bits per heavy atom. The highest BCUT2D eigenvalue weighted by atomic mass is 16.6. The lowest BCUT2D eigenvalue weighted by atomic mass is 10.0. The number of aliphatic hydroxyl groups excluding tert-OH is 1. The molecule has 1 heterocycles. The van der Waals surface area contributed by atoms with Crippen molar-refractivity contribution in [1.29, 1.82) is 0 Å². The molecule has 0 radical (unpaired) electrons. The summed E-state index contributed by atoms with van der Waals surface area (Å²) in [5, 5.41) is 8.99. The van der Waals surface area contributed by atoms with Crippen molar-refractivity contribution in [3.8, 4) is 0 Å².